The van der Waals surface area contributed by atoms with Crippen LogP contribution in [0.3, 0.4) is 0 Å². The van der Waals surface area contributed by atoms with Gasteiger partial charge in [-0.15, -0.1) is 0 Å². The Morgan fingerprint density at radius 1 is 1.16 bits per heavy atom. The molecule has 2 atom stereocenters. The molecule has 6 nitrogen and oxygen atoms in total. The summed E-state index contributed by atoms with van der Waals surface area (Å²) >= 11 is 0. The van der Waals surface area contributed by atoms with Crippen molar-refractivity contribution >= 4 is 17.6 Å². The van der Waals surface area contributed by atoms with Crippen molar-refractivity contribution in [3.63, 3.8) is 0 Å². The number of carbonyl (C=O) groups is 1. The minimum Gasteiger partial charge on any atom is -0.479 e. The molecule has 0 fully saturated rings. The number of hydrogen-bond donors (Lipinski definition) is 1. The Balaban J connectivity index is 1.87. The molecule has 2 heterocycles. The van der Waals surface area contributed by atoms with Crippen molar-refractivity contribution in [1.29, 1.82) is 0 Å². The topological polar surface area (TPSA) is 68.5 Å². The highest BCUT2D eigenvalue weighted by Gasteiger charge is 2.40. The fourth-order valence-electron chi connectivity index (χ4n) is 4.50. The number of rotatable bonds is 8. The Hall–Kier alpha value is -4.26. The van der Waals surface area contributed by atoms with E-state index < -0.39 is 12.0 Å². The van der Waals surface area contributed by atoms with Crippen molar-refractivity contribution in [1.82, 2.24) is 15.1 Å². The van der Waals surface area contributed by atoms with E-state index in [1.54, 1.807) is 23.7 Å². The number of aromatic nitrogens is 2. The number of benzene rings is 2. The maximum Gasteiger partial charge on any atom is 0.251 e. The highest BCUT2D eigenvalue weighted by molar-refractivity contribution is 5.99. The molecule has 0 radical (unpaired) electrons. The van der Waals surface area contributed by atoms with E-state index in [2.05, 4.69) is 11.9 Å². The van der Waals surface area contributed by atoms with Crippen LogP contribution in [0.25, 0.3) is 5.69 Å². The van der Waals surface area contributed by atoms with Crippen molar-refractivity contribution in [3.8, 4) is 5.69 Å². The molecule has 1 N–H and O–H groups in total. The lowest BCUT2D eigenvalue weighted by molar-refractivity contribution is 0.0938. The van der Waals surface area contributed by atoms with E-state index in [1.165, 1.54) is 12.2 Å². The third-order valence-corrected chi connectivity index (χ3v) is 6.36. The van der Waals surface area contributed by atoms with Crippen molar-refractivity contribution in [2.24, 2.45) is 4.99 Å². The van der Waals surface area contributed by atoms with Crippen LogP contribution in [0.1, 0.15) is 53.4 Å². The lowest BCUT2D eigenvalue weighted by Crippen LogP contribution is -2.47. The molecule has 0 saturated carbocycles. The van der Waals surface area contributed by atoms with Crippen LogP contribution in [0.15, 0.2) is 95.8 Å². The number of para-hydroxylation sites is 1. The molecule has 38 heavy (non-hydrogen) atoms. The van der Waals surface area contributed by atoms with E-state index in [9.17, 15) is 9.18 Å². The van der Waals surface area contributed by atoms with Gasteiger partial charge < -0.3 is 10.1 Å². The lowest BCUT2D eigenvalue weighted by Gasteiger charge is -2.33. The second kappa shape index (κ2) is 11.9. The first-order valence-corrected chi connectivity index (χ1v) is 12.8. The van der Waals surface area contributed by atoms with Gasteiger partial charge in [-0.1, -0.05) is 61.5 Å². The first kappa shape index (κ1) is 26.8. The summed E-state index contributed by atoms with van der Waals surface area (Å²) in [6.07, 6.45) is 5.15. The number of fused-ring (bicyclic) bond motifs is 1. The van der Waals surface area contributed by atoms with Crippen molar-refractivity contribution in [2.45, 2.75) is 46.1 Å². The summed E-state index contributed by atoms with van der Waals surface area (Å²) in [5.41, 5.74) is 4.50. The van der Waals surface area contributed by atoms with E-state index >= 15 is 0 Å². The van der Waals surface area contributed by atoms with Crippen molar-refractivity contribution in [2.75, 3.05) is 6.61 Å². The van der Waals surface area contributed by atoms with Gasteiger partial charge in [-0.05, 0) is 63.1 Å². The summed E-state index contributed by atoms with van der Waals surface area (Å²) in [6, 6.07) is 16.4. The van der Waals surface area contributed by atoms with Crippen LogP contribution < -0.4 is 5.32 Å². The van der Waals surface area contributed by atoms with E-state index in [0.29, 0.717) is 29.5 Å². The highest BCUT2D eigenvalue weighted by Crippen LogP contribution is 2.42. The molecule has 1 amide bonds. The molecule has 1 aliphatic rings. The zero-order chi connectivity index (χ0) is 27.2. The molecule has 4 rings (SSSR count). The fourth-order valence-corrected chi connectivity index (χ4v) is 4.50. The molecule has 1 aromatic heterocycles. The molecule has 0 aliphatic carbocycles. The normalized spacial score (nSPS) is 17.2. The second-order valence-electron chi connectivity index (χ2n) is 9.25. The van der Waals surface area contributed by atoms with Gasteiger partial charge in [-0.25, -0.2) is 9.07 Å². The average molecular weight is 513 g/mol. The largest absolute Gasteiger partial charge is 0.479 e. The summed E-state index contributed by atoms with van der Waals surface area (Å²) in [5, 5.41) is 7.93. The number of carbonyl (C=O) groups excluding carboxylic acids is 1. The predicted octanol–water partition coefficient (Wildman–Crippen LogP) is 6.83. The van der Waals surface area contributed by atoms with Gasteiger partial charge in [-0.3, -0.25) is 4.79 Å². The Bertz CT molecular complexity index is 1420. The van der Waals surface area contributed by atoms with E-state index in [0.717, 1.165) is 28.9 Å². The monoisotopic (exact) mass is 512 g/mol. The molecular weight excluding hydrogens is 479 g/mol. The van der Waals surface area contributed by atoms with E-state index in [1.807, 2.05) is 69.3 Å². The minimum atomic E-state index is -0.667. The number of amides is 1. The Morgan fingerprint density at radius 2 is 1.92 bits per heavy atom. The van der Waals surface area contributed by atoms with Crippen LogP contribution in [-0.2, 0) is 4.74 Å². The van der Waals surface area contributed by atoms with Gasteiger partial charge in [0.2, 0.25) is 5.90 Å². The van der Waals surface area contributed by atoms with Crippen LogP contribution in [0, 0.1) is 13.8 Å². The maximum atomic E-state index is 14.1. The number of hydrogen-bond acceptors (Lipinski definition) is 4. The first-order valence-electron chi connectivity index (χ1n) is 12.8. The van der Waals surface area contributed by atoms with Gasteiger partial charge in [0.15, 0.2) is 5.82 Å². The maximum absolute atomic E-state index is 14.1. The van der Waals surface area contributed by atoms with Gasteiger partial charge in [-0.2, -0.15) is 10.1 Å². The van der Waals surface area contributed by atoms with Gasteiger partial charge >= 0.3 is 0 Å². The summed E-state index contributed by atoms with van der Waals surface area (Å²) in [7, 11) is 0. The number of ether oxygens (including phenoxy) is 1. The lowest BCUT2D eigenvalue weighted by atomic mass is 9.82. The molecule has 7 heteroatoms. The summed E-state index contributed by atoms with van der Waals surface area (Å²) in [6.45, 7) is 12.2. The van der Waals surface area contributed by atoms with E-state index in [-0.39, 0.29) is 11.7 Å². The summed E-state index contributed by atoms with van der Waals surface area (Å²) in [4.78, 5) is 18.3. The van der Waals surface area contributed by atoms with E-state index in [4.69, 9.17) is 14.8 Å². The Kier molecular flexibility index (Phi) is 8.36. The highest BCUT2D eigenvalue weighted by atomic mass is 19.1. The standard InChI is InChI=1S/C31H33FN4O2/c1-6-18-38-31-28(33-30(37)23-13-11-12-20(3)19-23)26(21(4)16-17-24(32)7-2)27-22(5)35-36(29(27)34-31)25-14-9-8-10-15-25/h7-17,19,26,28H,4,6,18H2,1-3,5H3,(H,33,37)/b17-16-,24-7+/t26-,28-/m0/s1. The fraction of sp³-hybridized carbons (Fsp3) is 0.258. The van der Waals surface area contributed by atoms with Crippen molar-refractivity contribution < 1.29 is 13.9 Å². The zero-order valence-corrected chi connectivity index (χ0v) is 22.2. The van der Waals surface area contributed by atoms with Gasteiger partial charge in [0.05, 0.1) is 18.0 Å². The molecule has 1 aliphatic heterocycles. The van der Waals surface area contributed by atoms with Crippen LogP contribution in [0.2, 0.25) is 0 Å². The number of nitrogens with zero attached hydrogens (tertiary/aromatic N) is 3. The zero-order valence-electron chi connectivity index (χ0n) is 22.2. The number of nitrogens with one attached hydrogen (secondary N) is 1. The quantitative estimate of drug-likeness (QED) is 0.337. The molecule has 196 valence electrons. The van der Waals surface area contributed by atoms with Crippen LogP contribution in [0.4, 0.5) is 10.2 Å². The van der Waals surface area contributed by atoms with Crippen LogP contribution in [-0.4, -0.2) is 34.2 Å². The van der Waals surface area contributed by atoms with Gasteiger partial charge in [0, 0.05) is 17.0 Å². The first-order chi connectivity index (χ1) is 18.3. The summed E-state index contributed by atoms with van der Waals surface area (Å²) in [5.74, 6) is -0.156. The molecular formula is C31H33FN4O2. The SMILES string of the molecule is C=C(/C=C\C(F)=C/C)[C@H]1c2c(C)nn(-c3ccccc3)c2N=C(OCCC)[C@H]1NC(=O)c1cccc(C)c1. The summed E-state index contributed by atoms with van der Waals surface area (Å²) < 4.78 is 22.0. The average Bonchev–Trinajstić information content (AvgIpc) is 3.26. The van der Waals surface area contributed by atoms with Gasteiger partial charge in [0.1, 0.15) is 11.9 Å². The third-order valence-electron chi connectivity index (χ3n) is 6.36. The minimum absolute atomic E-state index is 0.260. The molecule has 0 bridgehead atoms. The van der Waals surface area contributed by atoms with Crippen LogP contribution >= 0.6 is 0 Å². The molecule has 0 unspecified atom stereocenters. The predicted molar refractivity (Wildman–Crippen MR) is 150 cm³/mol. The Morgan fingerprint density at radius 3 is 2.61 bits per heavy atom. The molecule has 0 spiro atoms. The third kappa shape index (κ3) is 5.67. The molecule has 0 saturated heterocycles. The number of allylic oxidation sites excluding steroid dienone is 4. The number of aryl methyl sites for hydroxylation is 2. The van der Waals surface area contributed by atoms with Gasteiger partial charge in [0.25, 0.3) is 5.91 Å². The number of halogens is 1. The molecule has 3 aromatic rings. The smallest absolute Gasteiger partial charge is 0.251 e. The van der Waals surface area contributed by atoms with Crippen LogP contribution in [0.5, 0.6) is 0 Å². The molecule has 2 aromatic carbocycles. The number of aliphatic imine (C=N–C) groups is 1. The van der Waals surface area contributed by atoms with Crippen molar-refractivity contribution in [3.05, 3.63) is 113 Å². The Labute approximate surface area is 223 Å². The second-order valence-corrected chi connectivity index (χ2v) is 9.25.